The fourth-order valence-corrected chi connectivity index (χ4v) is 1.41. The number of halogens is 2. The average molecular weight is 216 g/mol. The van der Waals surface area contributed by atoms with Crippen LogP contribution in [0.3, 0.4) is 0 Å². The Morgan fingerprint density at radius 2 is 2.13 bits per heavy atom. The van der Waals surface area contributed by atoms with E-state index in [1.165, 1.54) is 12.1 Å². The molecule has 0 aliphatic heterocycles. The number of hydrogen-bond donors (Lipinski definition) is 1. The summed E-state index contributed by atoms with van der Waals surface area (Å²) >= 11 is 0. The van der Waals surface area contributed by atoms with Gasteiger partial charge >= 0.3 is 6.61 Å². The van der Waals surface area contributed by atoms with Gasteiger partial charge in [0.05, 0.1) is 0 Å². The maximum absolute atomic E-state index is 11.9. The number of aliphatic hydroxyl groups excluding tert-OH is 1. The van der Waals surface area contributed by atoms with Crippen LogP contribution >= 0.6 is 0 Å². The summed E-state index contributed by atoms with van der Waals surface area (Å²) in [7, 11) is 0. The molecule has 1 N–H and O–H groups in total. The molecule has 1 aromatic rings. The first-order chi connectivity index (χ1) is 7.17. The maximum atomic E-state index is 11.9. The molecule has 0 aliphatic rings. The number of hydrogen-bond acceptors (Lipinski definition) is 2. The quantitative estimate of drug-likeness (QED) is 0.820. The number of alkyl halides is 2. The topological polar surface area (TPSA) is 29.5 Å². The molecule has 15 heavy (non-hydrogen) atoms. The molecule has 0 heterocycles. The minimum absolute atomic E-state index is 0.00856. The Balaban J connectivity index is 2.81. The van der Waals surface area contributed by atoms with Crippen molar-refractivity contribution in [1.29, 1.82) is 0 Å². The third kappa shape index (κ3) is 3.47. The van der Waals surface area contributed by atoms with E-state index in [0.717, 1.165) is 12.0 Å². The van der Waals surface area contributed by atoms with Gasteiger partial charge < -0.3 is 9.84 Å². The summed E-state index contributed by atoms with van der Waals surface area (Å²) < 4.78 is 28.2. The second-order valence-corrected chi connectivity index (χ2v) is 3.24. The Morgan fingerprint density at radius 1 is 1.40 bits per heavy atom. The van der Waals surface area contributed by atoms with Crippen LogP contribution in [-0.4, -0.2) is 18.3 Å². The predicted molar refractivity (Wildman–Crippen MR) is 53.2 cm³/mol. The monoisotopic (exact) mass is 216 g/mol. The van der Waals surface area contributed by atoms with Gasteiger partial charge in [0.15, 0.2) is 0 Å². The summed E-state index contributed by atoms with van der Waals surface area (Å²) in [6.07, 6.45) is 0.759. The maximum Gasteiger partial charge on any atom is 0.387 e. The van der Waals surface area contributed by atoms with Crippen molar-refractivity contribution in [3.05, 3.63) is 29.8 Å². The zero-order valence-electron chi connectivity index (χ0n) is 8.49. The molecule has 0 amide bonds. The molecular formula is C11H14F2O2. The van der Waals surface area contributed by atoms with E-state index >= 15 is 0 Å². The van der Waals surface area contributed by atoms with Crippen LogP contribution in [0.15, 0.2) is 24.3 Å². The van der Waals surface area contributed by atoms with E-state index in [1.807, 2.05) is 6.92 Å². The second-order valence-electron chi connectivity index (χ2n) is 3.24. The van der Waals surface area contributed by atoms with Crippen molar-refractivity contribution >= 4 is 0 Å². The second kappa shape index (κ2) is 5.66. The Bertz CT molecular complexity index is 298. The van der Waals surface area contributed by atoms with Crippen LogP contribution in [0.5, 0.6) is 5.75 Å². The van der Waals surface area contributed by atoms with Gasteiger partial charge in [-0.25, -0.2) is 0 Å². The predicted octanol–water partition coefficient (Wildman–Crippen LogP) is 2.77. The number of ether oxygens (including phenoxy) is 1. The van der Waals surface area contributed by atoms with Gasteiger partial charge in [0, 0.05) is 12.5 Å². The highest BCUT2D eigenvalue weighted by atomic mass is 19.3. The largest absolute Gasteiger partial charge is 0.435 e. The van der Waals surface area contributed by atoms with Gasteiger partial charge in [-0.15, -0.1) is 0 Å². The molecule has 0 saturated heterocycles. The number of rotatable bonds is 5. The van der Waals surface area contributed by atoms with Crippen molar-refractivity contribution in [3.8, 4) is 5.75 Å². The SMILES string of the molecule is CC[C@H](CO)c1cccc(OC(F)F)c1. The lowest BCUT2D eigenvalue weighted by Gasteiger charge is -2.13. The van der Waals surface area contributed by atoms with Crippen LogP contribution < -0.4 is 4.74 Å². The Hall–Kier alpha value is -1.16. The van der Waals surface area contributed by atoms with Crippen LogP contribution in [0.1, 0.15) is 24.8 Å². The first-order valence-electron chi connectivity index (χ1n) is 4.83. The molecule has 0 unspecified atom stereocenters. The summed E-state index contributed by atoms with van der Waals surface area (Å²) in [5.41, 5.74) is 0.818. The highest BCUT2D eigenvalue weighted by Gasteiger charge is 2.10. The van der Waals surface area contributed by atoms with E-state index in [9.17, 15) is 8.78 Å². The average Bonchev–Trinajstić information content (AvgIpc) is 2.19. The molecule has 2 nitrogen and oxygen atoms in total. The summed E-state index contributed by atoms with van der Waals surface area (Å²) in [4.78, 5) is 0. The van der Waals surface area contributed by atoms with Crippen molar-refractivity contribution in [2.45, 2.75) is 25.9 Å². The highest BCUT2D eigenvalue weighted by molar-refractivity contribution is 5.30. The minimum Gasteiger partial charge on any atom is -0.435 e. The van der Waals surface area contributed by atoms with Gasteiger partial charge in [-0.3, -0.25) is 0 Å². The number of benzene rings is 1. The molecule has 1 rings (SSSR count). The molecule has 0 bridgehead atoms. The Kier molecular flexibility index (Phi) is 4.49. The lowest BCUT2D eigenvalue weighted by Crippen LogP contribution is -2.05. The van der Waals surface area contributed by atoms with E-state index in [2.05, 4.69) is 4.74 Å². The first-order valence-corrected chi connectivity index (χ1v) is 4.83. The molecule has 0 fully saturated rings. The van der Waals surface area contributed by atoms with E-state index in [-0.39, 0.29) is 18.3 Å². The molecule has 1 aromatic carbocycles. The van der Waals surface area contributed by atoms with E-state index < -0.39 is 6.61 Å². The highest BCUT2D eigenvalue weighted by Crippen LogP contribution is 2.23. The molecule has 0 aromatic heterocycles. The van der Waals surface area contributed by atoms with Crippen molar-refractivity contribution < 1.29 is 18.6 Å². The lowest BCUT2D eigenvalue weighted by molar-refractivity contribution is -0.0499. The molecular weight excluding hydrogens is 202 g/mol. The van der Waals surface area contributed by atoms with Gasteiger partial charge in [-0.05, 0) is 24.1 Å². The van der Waals surface area contributed by atoms with E-state index in [0.29, 0.717) is 0 Å². The lowest BCUT2D eigenvalue weighted by atomic mass is 9.97. The Morgan fingerprint density at radius 3 is 2.67 bits per heavy atom. The summed E-state index contributed by atoms with van der Waals surface area (Å²) in [5.74, 6) is 0.112. The van der Waals surface area contributed by atoms with Crippen molar-refractivity contribution in [1.82, 2.24) is 0 Å². The molecule has 4 heteroatoms. The third-order valence-electron chi connectivity index (χ3n) is 2.27. The van der Waals surface area contributed by atoms with Crippen LogP contribution in [-0.2, 0) is 0 Å². The summed E-state index contributed by atoms with van der Waals surface area (Å²) in [5, 5.41) is 9.06. The molecule has 1 atom stereocenters. The Labute approximate surface area is 87.5 Å². The fourth-order valence-electron chi connectivity index (χ4n) is 1.41. The zero-order valence-corrected chi connectivity index (χ0v) is 8.49. The van der Waals surface area contributed by atoms with Crippen molar-refractivity contribution in [3.63, 3.8) is 0 Å². The first kappa shape index (κ1) is 11.9. The normalized spacial score (nSPS) is 12.9. The smallest absolute Gasteiger partial charge is 0.387 e. The van der Waals surface area contributed by atoms with Gasteiger partial charge in [0.25, 0.3) is 0 Å². The molecule has 0 spiro atoms. The van der Waals surface area contributed by atoms with Gasteiger partial charge in [0.1, 0.15) is 5.75 Å². The minimum atomic E-state index is -2.81. The molecule has 0 radical (unpaired) electrons. The van der Waals surface area contributed by atoms with Crippen LogP contribution in [0.4, 0.5) is 8.78 Å². The van der Waals surface area contributed by atoms with Crippen LogP contribution in [0.25, 0.3) is 0 Å². The molecule has 0 aliphatic carbocycles. The fraction of sp³-hybridized carbons (Fsp3) is 0.455. The summed E-state index contributed by atoms with van der Waals surface area (Å²) in [6.45, 7) is -0.870. The standard InChI is InChI=1S/C11H14F2O2/c1-2-8(7-14)9-4-3-5-10(6-9)15-11(12)13/h3-6,8,11,14H,2,7H2,1H3/t8-/m1/s1. The summed E-state index contributed by atoms with van der Waals surface area (Å²) in [6, 6.07) is 6.45. The van der Waals surface area contributed by atoms with E-state index in [4.69, 9.17) is 5.11 Å². The van der Waals surface area contributed by atoms with Crippen molar-refractivity contribution in [2.24, 2.45) is 0 Å². The van der Waals surface area contributed by atoms with Gasteiger partial charge in [-0.1, -0.05) is 19.1 Å². The van der Waals surface area contributed by atoms with Crippen LogP contribution in [0.2, 0.25) is 0 Å². The van der Waals surface area contributed by atoms with Gasteiger partial charge in [0.2, 0.25) is 0 Å². The van der Waals surface area contributed by atoms with Crippen LogP contribution in [0, 0.1) is 0 Å². The zero-order chi connectivity index (χ0) is 11.3. The number of aliphatic hydroxyl groups is 1. The molecule has 0 saturated carbocycles. The third-order valence-corrected chi connectivity index (χ3v) is 2.27. The van der Waals surface area contributed by atoms with Crippen molar-refractivity contribution in [2.75, 3.05) is 6.61 Å². The molecule has 84 valence electrons. The van der Waals surface area contributed by atoms with Gasteiger partial charge in [-0.2, -0.15) is 8.78 Å². The van der Waals surface area contributed by atoms with E-state index in [1.54, 1.807) is 12.1 Å².